The van der Waals surface area contributed by atoms with Crippen molar-refractivity contribution in [2.75, 3.05) is 26.0 Å². The summed E-state index contributed by atoms with van der Waals surface area (Å²) in [5.41, 5.74) is 3.52. The van der Waals surface area contributed by atoms with Gasteiger partial charge in [-0.05, 0) is 40.1 Å². The first-order valence-electron chi connectivity index (χ1n) is 5.96. The molecule has 0 saturated heterocycles. The molecule has 0 spiro atoms. The molecule has 0 fully saturated rings. The van der Waals surface area contributed by atoms with Crippen molar-refractivity contribution in [3.05, 3.63) is 30.3 Å². The quantitative estimate of drug-likeness (QED) is 0.325. The lowest BCUT2D eigenvalue weighted by Gasteiger charge is -2.30. The smallest absolute Gasteiger partial charge is 0.210 e. The zero-order valence-electron chi connectivity index (χ0n) is 11.6. The van der Waals surface area contributed by atoms with E-state index in [0.717, 1.165) is 5.69 Å². The molecule has 0 radical (unpaired) electrons. The maximum absolute atomic E-state index is 5.47. The average Bonchev–Trinajstić information content (AvgIpc) is 2.35. The molecule has 100 valence electrons. The number of hydrazine groups is 1. The van der Waals surface area contributed by atoms with Crippen molar-refractivity contribution >= 4 is 11.6 Å². The van der Waals surface area contributed by atoms with Crippen LogP contribution >= 0.6 is 0 Å². The predicted molar refractivity (Wildman–Crippen MR) is 77.5 cm³/mol. The average molecular weight is 249 g/mol. The number of nitrogens with two attached hydrogens (primary N) is 1. The highest BCUT2D eigenvalue weighted by atomic mass is 15.3. The summed E-state index contributed by atoms with van der Waals surface area (Å²) in [5, 5.41) is 3.14. The van der Waals surface area contributed by atoms with Crippen LogP contribution < -0.4 is 16.6 Å². The molecule has 5 heteroatoms. The first-order chi connectivity index (χ1) is 8.45. The number of anilines is 1. The summed E-state index contributed by atoms with van der Waals surface area (Å²) in [4.78, 5) is 6.59. The number of guanidine groups is 1. The zero-order valence-corrected chi connectivity index (χ0v) is 11.6. The predicted octanol–water partition coefficient (Wildman–Crippen LogP) is 1.26. The Bertz CT molecular complexity index is 384. The fourth-order valence-corrected chi connectivity index (χ4v) is 1.19. The van der Waals surface area contributed by atoms with Crippen LogP contribution in [0.3, 0.4) is 0 Å². The number of hydrogen-bond donors (Lipinski definition) is 3. The summed E-state index contributed by atoms with van der Waals surface area (Å²) >= 11 is 0. The van der Waals surface area contributed by atoms with E-state index in [1.807, 2.05) is 44.4 Å². The first kappa shape index (κ1) is 14.5. The summed E-state index contributed by atoms with van der Waals surface area (Å²) in [6, 6.07) is 9.81. The summed E-state index contributed by atoms with van der Waals surface area (Å²) in [6.07, 6.45) is 0. The van der Waals surface area contributed by atoms with Crippen molar-refractivity contribution in [1.29, 1.82) is 0 Å². The van der Waals surface area contributed by atoms with Gasteiger partial charge in [0.25, 0.3) is 0 Å². The van der Waals surface area contributed by atoms with Gasteiger partial charge in [-0.3, -0.25) is 5.43 Å². The van der Waals surface area contributed by atoms with Crippen molar-refractivity contribution in [3.63, 3.8) is 0 Å². The Labute approximate surface area is 109 Å². The molecule has 1 aromatic carbocycles. The molecule has 0 aliphatic carbocycles. The van der Waals surface area contributed by atoms with Crippen molar-refractivity contribution in [1.82, 2.24) is 10.3 Å². The van der Waals surface area contributed by atoms with Gasteiger partial charge in [0.2, 0.25) is 5.96 Å². The topological polar surface area (TPSA) is 65.7 Å². The molecule has 0 heterocycles. The first-order valence-corrected chi connectivity index (χ1v) is 5.96. The molecule has 0 atom stereocenters. The normalized spacial score (nSPS) is 12.7. The van der Waals surface area contributed by atoms with Crippen molar-refractivity contribution < 1.29 is 0 Å². The van der Waals surface area contributed by atoms with Gasteiger partial charge in [0.05, 0.1) is 6.54 Å². The minimum atomic E-state index is -0.0134. The van der Waals surface area contributed by atoms with E-state index in [9.17, 15) is 0 Å². The molecule has 0 aliphatic heterocycles. The third-order valence-electron chi connectivity index (χ3n) is 3.01. The Morgan fingerprint density at radius 2 is 1.89 bits per heavy atom. The number of aliphatic imine (C=N–C) groups is 1. The second kappa shape index (κ2) is 6.37. The van der Waals surface area contributed by atoms with E-state index in [-0.39, 0.29) is 5.54 Å². The lowest BCUT2D eigenvalue weighted by Crippen LogP contribution is -2.43. The van der Waals surface area contributed by atoms with Crippen LogP contribution in [0.5, 0.6) is 0 Å². The summed E-state index contributed by atoms with van der Waals surface area (Å²) < 4.78 is 0. The molecular formula is C13H23N5. The van der Waals surface area contributed by atoms with Crippen LogP contribution in [-0.2, 0) is 0 Å². The minimum absolute atomic E-state index is 0.0134. The Morgan fingerprint density at radius 3 is 2.39 bits per heavy atom. The van der Waals surface area contributed by atoms with Crippen LogP contribution in [-0.4, -0.2) is 37.0 Å². The van der Waals surface area contributed by atoms with E-state index in [1.165, 1.54) is 0 Å². The van der Waals surface area contributed by atoms with E-state index < -0.39 is 0 Å². The van der Waals surface area contributed by atoms with Gasteiger partial charge in [-0.1, -0.05) is 18.2 Å². The maximum Gasteiger partial charge on any atom is 0.210 e. The van der Waals surface area contributed by atoms with Gasteiger partial charge in [-0.15, -0.1) is 0 Å². The third-order valence-corrected chi connectivity index (χ3v) is 3.01. The minimum Gasteiger partial charge on any atom is -0.325 e. The van der Waals surface area contributed by atoms with Gasteiger partial charge >= 0.3 is 0 Å². The van der Waals surface area contributed by atoms with Crippen LogP contribution in [0.25, 0.3) is 0 Å². The third kappa shape index (κ3) is 4.35. The molecule has 18 heavy (non-hydrogen) atoms. The standard InChI is InChI=1S/C13H23N5/c1-13(2,18(3)4)10-15-12(17-14)16-11-8-6-5-7-9-11/h5-9H,10,14H2,1-4H3,(H2,15,16,17). The molecule has 1 aromatic rings. The summed E-state index contributed by atoms with van der Waals surface area (Å²) in [5.74, 6) is 6.04. The van der Waals surface area contributed by atoms with Crippen molar-refractivity contribution in [3.8, 4) is 0 Å². The van der Waals surface area contributed by atoms with E-state index in [0.29, 0.717) is 12.5 Å². The molecular weight excluding hydrogens is 226 g/mol. The van der Waals surface area contributed by atoms with Crippen LogP contribution in [0, 0.1) is 0 Å². The number of nitrogens with zero attached hydrogens (tertiary/aromatic N) is 2. The molecule has 5 nitrogen and oxygen atoms in total. The molecule has 0 aromatic heterocycles. The number of likely N-dealkylation sites (N-methyl/N-ethyl adjacent to an activating group) is 1. The Morgan fingerprint density at radius 1 is 1.28 bits per heavy atom. The lowest BCUT2D eigenvalue weighted by atomic mass is 10.1. The maximum atomic E-state index is 5.47. The molecule has 0 saturated carbocycles. The molecule has 0 bridgehead atoms. The van der Waals surface area contributed by atoms with E-state index in [1.54, 1.807) is 0 Å². The van der Waals surface area contributed by atoms with Gasteiger partial charge < -0.3 is 10.2 Å². The number of rotatable bonds is 4. The fourth-order valence-electron chi connectivity index (χ4n) is 1.19. The largest absolute Gasteiger partial charge is 0.325 e. The van der Waals surface area contributed by atoms with Gasteiger partial charge in [-0.2, -0.15) is 0 Å². The highest BCUT2D eigenvalue weighted by Crippen LogP contribution is 2.10. The van der Waals surface area contributed by atoms with E-state index >= 15 is 0 Å². The van der Waals surface area contributed by atoms with Gasteiger partial charge in [-0.25, -0.2) is 10.8 Å². The highest BCUT2D eigenvalue weighted by Gasteiger charge is 2.19. The Kier molecular flexibility index (Phi) is 5.12. The van der Waals surface area contributed by atoms with Crippen LogP contribution in [0.1, 0.15) is 13.8 Å². The zero-order chi connectivity index (χ0) is 13.6. The van der Waals surface area contributed by atoms with Crippen molar-refractivity contribution in [2.45, 2.75) is 19.4 Å². The molecule has 1 rings (SSSR count). The molecule has 4 N–H and O–H groups in total. The number of para-hydroxylation sites is 1. The molecule has 0 aliphatic rings. The second-order valence-electron chi connectivity index (χ2n) is 5.01. The van der Waals surface area contributed by atoms with Gasteiger partial charge in [0, 0.05) is 11.2 Å². The highest BCUT2D eigenvalue weighted by molar-refractivity contribution is 5.93. The van der Waals surface area contributed by atoms with Crippen molar-refractivity contribution in [2.24, 2.45) is 10.8 Å². The SMILES string of the molecule is CN(C)C(C)(C)CN=C(NN)Nc1ccccc1. The Balaban J connectivity index is 2.67. The van der Waals surface area contributed by atoms with Crippen LogP contribution in [0.2, 0.25) is 0 Å². The lowest BCUT2D eigenvalue weighted by molar-refractivity contribution is 0.205. The van der Waals surface area contributed by atoms with Crippen LogP contribution in [0.4, 0.5) is 5.69 Å². The molecule has 0 amide bonds. The number of benzene rings is 1. The van der Waals surface area contributed by atoms with Gasteiger partial charge in [0.15, 0.2) is 0 Å². The summed E-state index contributed by atoms with van der Waals surface area (Å²) in [7, 11) is 4.07. The fraction of sp³-hybridized carbons (Fsp3) is 0.462. The number of nitrogens with one attached hydrogen (secondary N) is 2. The van der Waals surface area contributed by atoms with E-state index in [4.69, 9.17) is 5.84 Å². The van der Waals surface area contributed by atoms with E-state index in [2.05, 4.69) is 34.5 Å². The van der Waals surface area contributed by atoms with Gasteiger partial charge in [0.1, 0.15) is 0 Å². The van der Waals surface area contributed by atoms with Crippen LogP contribution in [0.15, 0.2) is 35.3 Å². The monoisotopic (exact) mass is 249 g/mol. The second-order valence-corrected chi connectivity index (χ2v) is 5.01. The summed E-state index contributed by atoms with van der Waals surface area (Å²) in [6.45, 7) is 4.92. The number of hydrogen-bond acceptors (Lipinski definition) is 3. The molecule has 0 unspecified atom stereocenters. The Hall–Kier alpha value is -1.59.